The molecule has 0 aliphatic rings. The molecule has 0 atom stereocenters. The van der Waals surface area contributed by atoms with Gasteiger partial charge < -0.3 is 10.3 Å². The molecule has 0 fully saturated rings. The predicted molar refractivity (Wildman–Crippen MR) is 65.8 cm³/mol. The summed E-state index contributed by atoms with van der Waals surface area (Å²) < 4.78 is 1.88. The maximum atomic E-state index is 10.7. The van der Waals surface area contributed by atoms with E-state index >= 15 is 0 Å². The van der Waals surface area contributed by atoms with Gasteiger partial charge in [0.2, 0.25) is 5.91 Å². The summed E-state index contributed by atoms with van der Waals surface area (Å²) in [6, 6.07) is 5.58. The second-order valence-corrected chi connectivity index (χ2v) is 4.31. The van der Waals surface area contributed by atoms with E-state index in [1.54, 1.807) is 6.07 Å². The fourth-order valence-electron chi connectivity index (χ4n) is 1.64. The van der Waals surface area contributed by atoms with Gasteiger partial charge in [0.25, 0.3) is 0 Å². The van der Waals surface area contributed by atoms with Gasteiger partial charge in [0.15, 0.2) is 0 Å². The van der Waals surface area contributed by atoms with Crippen LogP contribution in [0.1, 0.15) is 6.42 Å². The first kappa shape index (κ1) is 11.3. The van der Waals surface area contributed by atoms with Crippen molar-refractivity contribution < 1.29 is 4.79 Å². The van der Waals surface area contributed by atoms with Crippen LogP contribution in [0.15, 0.2) is 24.4 Å². The third-order valence-corrected chi connectivity index (χ3v) is 3.21. The van der Waals surface area contributed by atoms with Gasteiger partial charge in [0, 0.05) is 24.5 Å². The summed E-state index contributed by atoms with van der Waals surface area (Å²) in [6.45, 7) is 0.513. The summed E-state index contributed by atoms with van der Waals surface area (Å²) >= 11 is 12.1. The van der Waals surface area contributed by atoms with E-state index < -0.39 is 0 Å². The summed E-state index contributed by atoms with van der Waals surface area (Å²) in [4.78, 5) is 10.7. The molecule has 1 aromatic carbocycles. The molecule has 0 saturated carbocycles. The summed E-state index contributed by atoms with van der Waals surface area (Å²) in [7, 11) is 0. The number of benzene rings is 1. The van der Waals surface area contributed by atoms with E-state index in [1.807, 2.05) is 22.9 Å². The number of rotatable bonds is 3. The van der Waals surface area contributed by atoms with Crippen molar-refractivity contribution in [2.24, 2.45) is 5.73 Å². The number of nitrogens with zero attached hydrogens (tertiary/aromatic N) is 1. The number of hydrogen-bond acceptors (Lipinski definition) is 1. The van der Waals surface area contributed by atoms with Crippen molar-refractivity contribution >= 4 is 40.0 Å². The van der Waals surface area contributed by atoms with Crippen molar-refractivity contribution in [1.82, 2.24) is 4.57 Å². The van der Waals surface area contributed by atoms with Gasteiger partial charge in [-0.25, -0.2) is 0 Å². The van der Waals surface area contributed by atoms with Gasteiger partial charge in [-0.3, -0.25) is 4.79 Å². The lowest BCUT2D eigenvalue weighted by molar-refractivity contribution is -0.118. The summed E-state index contributed by atoms with van der Waals surface area (Å²) in [5, 5.41) is 2.01. The molecule has 2 rings (SSSR count). The molecule has 16 heavy (non-hydrogen) atoms. The van der Waals surface area contributed by atoms with Gasteiger partial charge in [-0.2, -0.15) is 0 Å². The van der Waals surface area contributed by atoms with Crippen molar-refractivity contribution in [1.29, 1.82) is 0 Å². The van der Waals surface area contributed by atoms with E-state index in [0.717, 1.165) is 10.9 Å². The highest BCUT2D eigenvalue weighted by atomic mass is 35.5. The van der Waals surface area contributed by atoms with Crippen molar-refractivity contribution in [2.75, 3.05) is 0 Å². The zero-order chi connectivity index (χ0) is 11.7. The Labute approximate surface area is 103 Å². The van der Waals surface area contributed by atoms with Crippen LogP contribution in [-0.2, 0) is 11.3 Å². The van der Waals surface area contributed by atoms with Crippen LogP contribution >= 0.6 is 23.2 Å². The number of primary amides is 1. The highest BCUT2D eigenvalue weighted by molar-refractivity contribution is 6.45. The number of carbonyl (C=O) groups excluding carboxylic acids is 1. The van der Waals surface area contributed by atoms with Gasteiger partial charge >= 0.3 is 0 Å². The minimum absolute atomic E-state index is 0.284. The Hall–Kier alpha value is -1.19. The van der Waals surface area contributed by atoms with Gasteiger partial charge in [0.1, 0.15) is 0 Å². The Morgan fingerprint density at radius 3 is 2.75 bits per heavy atom. The van der Waals surface area contributed by atoms with E-state index in [1.165, 1.54) is 0 Å². The maximum absolute atomic E-state index is 10.7. The topological polar surface area (TPSA) is 48.0 Å². The summed E-state index contributed by atoms with van der Waals surface area (Å²) in [6.07, 6.45) is 2.16. The molecule has 0 unspecified atom stereocenters. The third kappa shape index (κ3) is 2.01. The molecule has 0 saturated heterocycles. The number of aromatic nitrogens is 1. The second-order valence-electron chi connectivity index (χ2n) is 3.52. The molecule has 0 radical (unpaired) electrons. The molecular weight excluding hydrogens is 247 g/mol. The van der Waals surface area contributed by atoms with Crippen LogP contribution in [0.3, 0.4) is 0 Å². The quantitative estimate of drug-likeness (QED) is 0.902. The number of hydrogen-bond donors (Lipinski definition) is 1. The zero-order valence-corrected chi connectivity index (χ0v) is 9.92. The van der Waals surface area contributed by atoms with Crippen molar-refractivity contribution in [2.45, 2.75) is 13.0 Å². The van der Waals surface area contributed by atoms with Crippen LogP contribution in [0.25, 0.3) is 10.9 Å². The van der Waals surface area contributed by atoms with E-state index in [0.29, 0.717) is 16.6 Å². The van der Waals surface area contributed by atoms with Crippen LogP contribution < -0.4 is 5.73 Å². The Kier molecular flexibility index (Phi) is 3.08. The SMILES string of the molecule is NC(=O)CCn1ccc2ccc(Cl)c(Cl)c21. The van der Waals surface area contributed by atoms with Gasteiger partial charge in [-0.1, -0.05) is 29.3 Å². The monoisotopic (exact) mass is 256 g/mol. The van der Waals surface area contributed by atoms with E-state index in [-0.39, 0.29) is 12.3 Å². The fourth-order valence-corrected chi connectivity index (χ4v) is 2.08. The Morgan fingerprint density at radius 2 is 2.06 bits per heavy atom. The zero-order valence-electron chi connectivity index (χ0n) is 8.41. The largest absolute Gasteiger partial charge is 0.370 e. The molecule has 0 aliphatic carbocycles. The molecule has 3 nitrogen and oxygen atoms in total. The Balaban J connectivity index is 2.46. The van der Waals surface area contributed by atoms with E-state index in [4.69, 9.17) is 28.9 Å². The standard InChI is InChI=1S/C11H10Cl2N2O/c12-8-2-1-7-3-5-15(6-4-9(14)16)11(7)10(8)13/h1-3,5H,4,6H2,(H2,14,16). The number of carbonyl (C=O) groups is 1. The lowest BCUT2D eigenvalue weighted by atomic mass is 10.2. The van der Waals surface area contributed by atoms with Crippen LogP contribution in [-0.4, -0.2) is 10.5 Å². The molecule has 0 bridgehead atoms. The highest BCUT2D eigenvalue weighted by Gasteiger charge is 2.09. The van der Waals surface area contributed by atoms with Crippen LogP contribution in [0.2, 0.25) is 10.0 Å². The lowest BCUT2D eigenvalue weighted by Gasteiger charge is -2.06. The molecule has 2 aromatic rings. The first-order chi connectivity index (χ1) is 7.59. The van der Waals surface area contributed by atoms with E-state index in [9.17, 15) is 4.79 Å². The first-order valence-corrected chi connectivity index (χ1v) is 5.56. The van der Waals surface area contributed by atoms with Crippen molar-refractivity contribution in [3.8, 4) is 0 Å². The number of halogens is 2. The molecule has 0 aliphatic heterocycles. The average molecular weight is 257 g/mol. The smallest absolute Gasteiger partial charge is 0.219 e. The molecule has 1 amide bonds. The maximum Gasteiger partial charge on any atom is 0.219 e. The summed E-state index contributed by atoms with van der Waals surface area (Å²) in [5.74, 6) is -0.333. The van der Waals surface area contributed by atoms with Gasteiger partial charge in [-0.05, 0) is 12.1 Å². The first-order valence-electron chi connectivity index (χ1n) is 4.81. The molecule has 5 heteroatoms. The predicted octanol–water partition coefficient (Wildman–Crippen LogP) is 2.82. The molecule has 0 spiro atoms. The number of fused-ring (bicyclic) bond motifs is 1. The minimum atomic E-state index is -0.333. The minimum Gasteiger partial charge on any atom is -0.370 e. The molecule has 84 valence electrons. The Bertz CT molecular complexity index is 548. The number of amides is 1. The van der Waals surface area contributed by atoms with Crippen molar-refractivity contribution in [3.05, 3.63) is 34.4 Å². The Morgan fingerprint density at radius 1 is 1.31 bits per heavy atom. The molecule has 2 N–H and O–H groups in total. The number of nitrogens with two attached hydrogens (primary N) is 1. The normalized spacial score (nSPS) is 10.9. The number of aryl methyl sites for hydroxylation is 1. The third-order valence-electron chi connectivity index (χ3n) is 2.42. The molecule has 1 heterocycles. The van der Waals surface area contributed by atoms with Crippen LogP contribution in [0, 0.1) is 0 Å². The van der Waals surface area contributed by atoms with Crippen molar-refractivity contribution in [3.63, 3.8) is 0 Å². The molecule has 1 aromatic heterocycles. The highest BCUT2D eigenvalue weighted by Crippen LogP contribution is 2.31. The lowest BCUT2D eigenvalue weighted by Crippen LogP contribution is -2.13. The second kappa shape index (κ2) is 4.36. The fraction of sp³-hybridized carbons (Fsp3) is 0.182. The van der Waals surface area contributed by atoms with E-state index in [2.05, 4.69) is 0 Å². The average Bonchev–Trinajstić information content (AvgIpc) is 2.64. The molecular formula is C11H10Cl2N2O. The van der Waals surface area contributed by atoms with Crippen LogP contribution in [0.4, 0.5) is 0 Å². The van der Waals surface area contributed by atoms with Crippen LogP contribution in [0.5, 0.6) is 0 Å². The summed E-state index contributed by atoms with van der Waals surface area (Å²) in [5.41, 5.74) is 5.95. The van der Waals surface area contributed by atoms with Gasteiger partial charge in [-0.15, -0.1) is 0 Å². The van der Waals surface area contributed by atoms with Gasteiger partial charge in [0.05, 0.1) is 15.6 Å².